The fourth-order valence-corrected chi connectivity index (χ4v) is 5.40. The molecule has 40 heavy (non-hydrogen) atoms. The van der Waals surface area contributed by atoms with Gasteiger partial charge in [0.1, 0.15) is 34.4 Å². The fourth-order valence-electron chi connectivity index (χ4n) is 4.50. The maximum Gasteiger partial charge on any atom is 0.233 e. The highest BCUT2D eigenvalue weighted by Crippen LogP contribution is 2.44. The van der Waals surface area contributed by atoms with Crippen molar-refractivity contribution in [3.8, 4) is 40.5 Å². The smallest absolute Gasteiger partial charge is 0.233 e. The van der Waals surface area contributed by atoms with Crippen LogP contribution in [0.15, 0.2) is 41.4 Å². The molecule has 12 heteroatoms. The van der Waals surface area contributed by atoms with Crippen molar-refractivity contribution in [3.63, 3.8) is 0 Å². The highest BCUT2D eigenvalue weighted by atomic mass is 32.2. The Kier molecular flexibility index (Phi) is 8.82. The molecular formula is C28H27FN6O4S. The highest BCUT2D eigenvalue weighted by molar-refractivity contribution is 8.00. The number of thioether (sulfide) groups is 1. The molecule has 4 rings (SSSR count). The van der Waals surface area contributed by atoms with Crippen molar-refractivity contribution in [2.45, 2.75) is 5.03 Å². The molecule has 1 fully saturated rings. The van der Waals surface area contributed by atoms with E-state index in [2.05, 4.69) is 16.0 Å². The van der Waals surface area contributed by atoms with E-state index in [0.717, 1.165) is 17.4 Å². The second-order valence-electron chi connectivity index (χ2n) is 8.70. The third-order valence-electron chi connectivity index (χ3n) is 6.53. The Labute approximate surface area is 235 Å². The number of pyridine rings is 1. The van der Waals surface area contributed by atoms with E-state index >= 15 is 0 Å². The zero-order valence-electron chi connectivity index (χ0n) is 22.2. The number of amides is 1. The fraction of sp³-hybridized carbons (Fsp3) is 0.286. The minimum Gasteiger partial charge on any atom is -0.493 e. The zero-order chi connectivity index (χ0) is 28.8. The van der Waals surface area contributed by atoms with Crippen molar-refractivity contribution >= 4 is 29.2 Å². The minimum atomic E-state index is -0.295. The molecule has 0 atom stereocenters. The number of nitrogen functional groups attached to an aromatic ring is 1. The number of carbonyl (C=O) groups excluding carboxylic acids is 1. The number of ether oxygens (including phenoxy) is 3. The van der Waals surface area contributed by atoms with Gasteiger partial charge in [0.05, 0.1) is 32.6 Å². The molecule has 1 amide bonds. The number of nitrogens with zero attached hydrogens (tertiary/aromatic N) is 5. The lowest BCUT2D eigenvalue weighted by molar-refractivity contribution is -0.128. The first-order valence-electron chi connectivity index (χ1n) is 12.2. The van der Waals surface area contributed by atoms with Gasteiger partial charge in [0.15, 0.2) is 11.5 Å². The van der Waals surface area contributed by atoms with Gasteiger partial charge in [-0.3, -0.25) is 4.79 Å². The van der Waals surface area contributed by atoms with Crippen molar-refractivity contribution in [2.24, 2.45) is 0 Å². The van der Waals surface area contributed by atoms with Crippen LogP contribution in [0.3, 0.4) is 0 Å². The van der Waals surface area contributed by atoms with E-state index in [-0.39, 0.29) is 45.0 Å². The van der Waals surface area contributed by atoms with Crippen LogP contribution in [0.1, 0.15) is 11.1 Å². The largest absolute Gasteiger partial charge is 0.493 e. The molecule has 0 radical (unpaired) electrons. The first kappa shape index (κ1) is 28.3. The number of piperazine rings is 1. The Balaban J connectivity index is 1.57. The number of hydrogen-bond donors (Lipinski definition) is 1. The van der Waals surface area contributed by atoms with Crippen LogP contribution in [0.4, 0.5) is 15.9 Å². The maximum atomic E-state index is 13.2. The molecule has 1 saturated heterocycles. The summed E-state index contributed by atoms with van der Waals surface area (Å²) in [5, 5.41) is 20.2. The Bertz CT molecular complexity index is 1470. The van der Waals surface area contributed by atoms with Gasteiger partial charge in [0.25, 0.3) is 0 Å². The summed E-state index contributed by atoms with van der Waals surface area (Å²) in [6.07, 6.45) is 0. The van der Waals surface area contributed by atoms with Crippen LogP contribution >= 0.6 is 11.8 Å². The molecule has 0 saturated carbocycles. The van der Waals surface area contributed by atoms with Crippen molar-refractivity contribution in [1.29, 1.82) is 10.5 Å². The van der Waals surface area contributed by atoms with Gasteiger partial charge in [-0.15, -0.1) is 0 Å². The summed E-state index contributed by atoms with van der Waals surface area (Å²) < 4.78 is 29.5. The number of aromatic nitrogens is 1. The molecule has 0 spiro atoms. The third-order valence-corrected chi connectivity index (χ3v) is 7.49. The van der Waals surface area contributed by atoms with E-state index in [4.69, 9.17) is 19.9 Å². The Hall–Kier alpha value is -4.68. The number of methoxy groups -OCH3 is 3. The summed E-state index contributed by atoms with van der Waals surface area (Å²) in [5.41, 5.74) is 7.90. The predicted octanol–water partition coefficient (Wildman–Crippen LogP) is 3.68. The van der Waals surface area contributed by atoms with Crippen LogP contribution < -0.4 is 24.8 Å². The number of hydrogen-bond acceptors (Lipinski definition) is 10. The SMILES string of the molecule is COc1cc(-c2c(C#N)c(N)nc(SCC(=O)N3CCN(c4ccc(F)cc4)CC3)c2C#N)cc(OC)c1OC. The first-order chi connectivity index (χ1) is 19.3. The van der Waals surface area contributed by atoms with Crippen molar-refractivity contribution in [3.05, 3.63) is 53.3 Å². The van der Waals surface area contributed by atoms with E-state index in [9.17, 15) is 19.7 Å². The summed E-state index contributed by atoms with van der Waals surface area (Å²) in [4.78, 5) is 21.2. The molecule has 0 aliphatic carbocycles. The van der Waals surface area contributed by atoms with Crippen LogP contribution in [-0.4, -0.2) is 69.1 Å². The van der Waals surface area contributed by atoms with Crippen LogP contribution in [0.2, 0.25) is 0 Å². The molecule has 10 nitrogen and oxygen atoms in total. The molecule has 2 aromatic carbocycles. The predicted molar refractivity (Wildman–Crippen MR) is 149 cm³/mol. The van der Waals surface area contributed by atoms with Crippen LogP contribution in [0.25, 0.3) is 11.1 Å². The molecule has 3 aromatic rings. The lowest BCUT2D eigenvalue weighted by atomic mass is 9.96. The van der Waals surface area contributed by atoms with Gasteiger partial charge in [-0.1, -0.05) is 11.8 Å². The summed E-state index contributed by atoms with van der Waals surface area (Å²) >= 11 is 1.09. The molecule has 0 unspecified atom stereocenters. The zero-order valence-corrected chi connectivity index (χ0v) is 23.0. The molecule has 1 aliphatic rings. The van der Waals surface area contributed by atoms with Crippen LogP contribution in [-0.2, 0) is 4.79 Å². The van der Waals surface area contributed by atoms with E-state index in [0.29, 0.717) is 49.0 Å². The van der Waals surface area contributed by atoms with Crippen LogP contribution in [0.5, 0.6) is 17.2 Å². The van der Waals surface area contributed by atoms with E-state index < -0.39 is 0 Å². The maximum absolute atomic E-state index is 13.2. The summed E-state index contributed by atoms with van der Waals surface area (Å²) in [6.45, 7) is 2.22. The number of nitriles is 2. The topological polar surface area (TPSA) is 138 Å². The van der Waals surface area contributed by atoms with Crippen LogP contribution in [0, 0.1) is 28.5 Å². The molecular weight excluding hydrogens is 535 g/mol. The second kappa shape index (κ2) is 12.5. The number of nitrogens with two attached hydrogens (primary N) is 1. The van der Waals surface area contributed by atoms with Gasteiger partial charge in [0.2, 0.25) is 11.7 Å². The lowest BCUT2D eigenvalue weighted by Gasteiger charge is -2.36. The normalized spacial score (nSPS) is 12.8. The second-order valence-corrected chi connectivity index (χ2v) is 9.66. The van der Waals surface area contributed by atoms with E-state index in [1.807, 2.05) is 6.07 Å². The molecule has 1 aromatic heterocycles. The average Bonchev–Trinajstić information content (AvgIpc) is 2.99. The summed E-state index contributed by atoms with van der Waals surface area (Å²) in [7, 11) is 4.40. The van der Waals surface area contributed by atoms with Gasteiger partial charge in [0, 0.05) is 37.4 Å². The van der Waals surface area contributed by atoms with Crippen molar-refractivity contribution in [1.82, 2.24) is 9.88 Å². The Morgan fingerprint density at radius 1 is 1.00 bits per heavy atom. The molecule has 2 N–H and O–H groups in total. The Morgan fingerprint density at radius 3 is 2.12 bits per heavy atom. The number of benzene rings is 2. The van der Waals surface area contributed by atoms with E-state index in [1.165, 1.54) is 33.5 Å². The molecule has 0 bridgehead atoms. The minimum absolute atomic E-state index is 0.0261. The van der Waals surface area contributed by atoms with Crippen molar-refractivity contribution < 1.29 is 23.4 Å². The monoisotopic (exact) mass is 562 g/mol. The van der Waals surface area contributed by atoms with Gasteiger partial charge in [-0.05, 0) is 42.0 Å². The summed E-state index contributed by atoms with van der Waals surface area (Å²) in [6, 6.07) is 13.7. The molecule has 1 aliphatic heterocycles. The number of anilines is 2. The standard InChI is InChI=1S/C28H27FN6O4S/c1-37-22-12-17(13-23(38-2)26(22)39-3)25-20(14-30)27(32)33-28(21(25)15-31)40-16-24(36)35-10-8-34(9-11-35)19-6-4-18(29)5-7-19/h4-7,12-13H,8-11,16H2,1-3H3,(H2,32,33). The first-order valence-corrected chi connectivity index (χ1v) is 13.2. The quantitative estimate of drug-likeness (QED) is 0.405. The van der Waals surface area contributed by atoms with Gasteiger partial charge in [-0.2, -0.15) is 10.5 Å². The third kappa shape index (κ3) is 5.67. The van der Waals surface area contributed by atoms with Gasteiger partial charge < -0.3 is 29.7 Å². The Morgan fingerprint density at radius 2 is 1.60 bits per heavy atom. The number of carbonyl (C=O) groups is 1. The van der Waals surface area contributed by atoms with E-state index in [1.54, 1.807) is 29.2 Å². The molecule has 206 valence electrons. The average molecular weight is 563 g/mol. The highest BCUT2D eigenvalue weighted by Gasteiger charge is 2.26. The molecule has 2 heterocycles. The summed E-state index contributed by atoms with van der Waals surface area (Å²) in [5.74, 6) is 0.579. The lowest BCUT2D eigenvalue weighted by Crippen LogP contribution is -2.49. The van der Waals surface area contributed by atoms with Crippen molar-refractivity contribution in [2.75, 3.05) is 63.9 Å². The number of rotatable bonds is 8. The van der Waals surface area contributed by atoms with Gasteiger partial charge >= 0.3 is 0 Å². The van der Waals surface area contributed by atoms with Gasteiger partial charge in [-0.25, -0.2) is 9.37 Å². The number of halogens is 1.